The van der Waals surface area contributed by atoms with Gasteiger partial charge in [0, 0.05) is 23.7 Å². The third-order valence-electron chi connectivity index (χ3n) is 8.99. The number of benzene rings is 2. The number of amides is 1. The molecule has 3 aliphatic rings. The molecule has 2 aromatic carbocycles. The highest BCUT2D eigenvalue weighted by atomic mass is 35.5. The number of hydrogen-bond acceptors (Lipinski definition) is 5. The van der Waals surface area contributed by atoms with E-state index in [4.69, 9.17) is 16.3 Å². The number of halogens is 1. The highest BCUT2D eigenvalue weighted by Crippen LogP contribution is 2.41. The first-order valence-corrected chi connectivity index (χ1v) is 16.3. The summed E-state index contributed by atoms with van der Waals surface area (Å²) in [7, 11) is -3.66. The van der Waals surface area contributed by atoms with Crippen LogP contribution in [0.3, 0.4) is 0 Å². The Morgan fingerprint density at radius 1 is 1.12 bits per heavy atom. The zero-order valence-electron chi connectivity index (χ0n) is 23.2. The zero-order valence-corrected chi connectivity index (χ0v) is 24.8. The molecule has 1 unspecified atom stereocenters. The van der Waals surface area contributed by atoms with Gasteiger partial charge in [0.1, 0.15) is 17.6 Å². The molecule has 2 heterocycles. The molecule has 0 spiro atoms. The van der Waals surface area contributed by atoms with E-state index in [1.807, 2.05) is 37.3 Å². The van der Waals surface area contributed by atoms with Gasteiger partial charge in [-0.25, -0.2) is 8.93 Å². The van der Waals surface area contributed by atoms with Gasteiger partial charge < -0.3 is 14.7 Å². The van der Waals surface area contributed by atoms with E-state index in [1.165, 1.54) is 5.56 Å². The van der Waals surface area contributed by atoms with E-state index in [0.717, 1.165) is 56.4 Å². The van der Waals surface area contributed by atoms with E-state index in [2.05, 4.69) is 9.62 Å². The second-order valence-corrected chi connectivity index (χ2v) is 14.1. The number of aliphatic hydroxyl groups excluding tert-OH is 1. The molecule has 5 rings (SSSR count). The Kier molecular flexibility index (Phi) is 8.78. The molecule has 0 radical (unpaired) electrons. The van der Waals surface area contributed by atoms with Crippen LogP contribution in [0, 0.1) is 17.8 Å². The number of carbonyl (C=O) groups excluding carboxylic acids is 1. The van der Waals surface area contributed by atoms with Gasteiger partial charge in [-0.1, -0.05) is 36.7 Å². The molecule has 1 aliphatic carbocycles. The van der Waals surface area contributed by atoms with Crippen LogP contribution in [0.4, 0.5) is 5.69 Å². The minimum absolute atomic E-state index is 0.152. The van der Waals surface area contributed by atoms with E-state index in [1.54, 1.807) is 25.1 Å². The molecule has 2 aliphatic heterocycles. The van der Waals surface area contributed by atoms with Gasteiger partial charge >= 0.3 is 10.0 Å². The Morgan fingerprint density at radius 3 is 2.73 bits per heavy atom. The quantitative estimate of drug-likeness (QED) is 0.306. The summed E-state index contributed by atoms with van der Waals surface area (Å²) in [5.74, 6) is 0.373. The van der Waals surface area contributed by atoms with Gasteiger partial charge in [0.05, 0.1) is 11.8 Å². The van der Waals surface area contributed by atoms with Crippen molar-refractivity contribution in [2.75, 3.05) is 18.0 Å². The Bertz CT molecular complexity index is 1380. The summed E-state index contributed by atoms with van der Waals surface area (Å²) in [5.41, 5.74) is 3.36. The fourth-order valence-electron chi connectivity index (χ4n) is 6.00. The number of aryl methyl sites for hydroxylation is 1. The molecule has 9 heteroatoms. The molecular formula is C31H40ClN2O5S+. The second-order valence-electron chi connectivity index (χ2n) is 11.6. The van der Waals surface area contributed by atoms with Gasteiger partial charge in [-0.3, -0.25) is 4.79 Å². The third kappa shape index (κ3) is 6.34. The summed E-state index contributed by atoms with van der Waals surface area (Å²) in [4.78, 5) is 15.6. The minimum Gasteiger partial charge on any atom is -0.487 e. The van der Waals surface area contributed by atoms with Gasteiger partial charge in [-0.05, 0) is 105 Å². The van der Waals surface area contributed by atoms with Crippen molar-refractivity contribution in [1.29, 1.82) is 0 Å². The average Bonchev–Trinajstić information content (AvgIpc) is 2.92. The molecule has 3 N–H and O–H groups in total. The van der Waals surface area contributed by atoms with E-state index in [9.17, 15) is 18.3 Å². The number of allylic oxidation sites excluding steroid dienone is 1. The van der Waals surface area contributed by atoms with Crippen LogP contribution in [0.2, 0.25) is 5.02 Å². The number of aliphatic hydroxyl groups is 1. The maximum atomic E-state index is 13.3. The lowest BCUT2D eigenvalue weighted by molar-refractivity contribution is 0.0461. The van der Waals surface area contributed by atoms with E-state index in [-0.39, 0.29) is 11.8 Å². The summed E-state index contributed by atoms with van der Waals surface area (Å²) in [6.45, 7) is 5.44. The van der Waals surface area contributed by atoms with Crippen LogP contribution in [0.25, 0.3) is 0 Å². The SMILES string of the molecule is C[C@@H]1C/C=C/[C@H](O)[C@@H]2CC[C@H]2CN2CCCCc3cc(Cl)ccc3COc3ccc(cc32)C(=O)NS(=O)(=[OH+])[C@H]1C. The van der Waals surface area contributed by atoms with Crippen molar-refractivity contribution in [2.24, 2.45) is 17.8 Å². The zero-order chi connectivity index (χ0) is 28.4. The number of fused-ring (bicyclic) bond motifs is 3. The number of rotatable bonds is 0. The summed E-state index contributed by atoms with van der Waals surface area (Å²) in [5, 5.41) is 11.0. The Hall–Kier alpha value is -2.55. The van der Waals surface area contributed by atoms with Crippen LogP contribution in [-0.4, -0.2) is 43.9 Å². The highest BCUT2D eigenvalue weighted by molar-refractivity contribution is 7.90. The molecule has 2 aromatic rings. The first kappa shape index (κ1) is 29.0. The number of nitrogens with zero attached hydrogens (tertiary/aromatic N) is 1. The summed E-state index contributed by atoms with van der Waals surface area (Å²) in [6, 6.07) is 11.1. The number of ether oxygens (including phenoxy) is 1. The Morgan fingerprint density at radius 2 is 1.95 bits per heavy atom. The van der Waals surface area contributed by atoms with Crippen LogP contribution in [0.15, 0.2) is 48.6 Å². The Balaban J connectivity index is 1.54. The maximum absolute atomic E-state index is 13.3. The molecular weight excluding hydrogens is 548 g/mol. The van der Waals surface area contributed by atoms with Crippen molar-refractivity contribution in [2.45, 2.75) is 70.3 Å². The minimum atomic E-state index is -3.66. The summed E-state index contributed by atoms with van der Waals surface area (Å²) >= 11 is 6.30. The van der Waals surface area contributed by atoms with Crippen LogP contribution in [0.5, 0.6) is 5.75 Å². The van der Waals surface area contributed by atoms with Crippen LogP contribution < -0.4 is 14.4 Å². The van der Waals surface area contributed by atoms with Crippen molar-refractivity contribution < 1.29 is 23.1 Å². The smallest absolute Gasteiger partial charge is 0.371 e. The van der Waals surface area contributed by atoms with Gasteiger partial charge in [-0.15, -0.1) is 0 Å². The molecule has 0 saturated heterocycles. The van der Waals surface area contributed by atoms with Crippen molar-refractivity contribution in [3.05, 3.63) is 70.3 Å². The van der Waals surface area contributed by atoms with Gasteiger partial charge in [0.2, 0.25) is 0 Å². The molecule has 0 aromatic heterocycles. The molecule has 216 valence electrons. The second kappa shape index (κ2) is 12.1. The fraction of sp³-hybridized carbons (Fsp3) is 0.516. The van der Waals surface area contributed by atoms with E-state index < -0.39 is 27.3 Å². The number of anilines is 1. The lowest BCUT2D eigenvalue weighted by Crippen LogP contribution is -2.43. The first-order valence-electron chi connectivity index (χ1n) is 14.3. The lowest BCUT2D eigenvalue weighted by Gasteiger charge is -2.42. The molecule has 2 bridgehead atoms. The predicted molar refractivity (Wildman–Crippen MR) is 160 cm³/mol. The van der Waals surface area contributed by atoms with Crippen LogP contribution in [0.1, 0.15) is 67.4 Å². The predicted octanol–water partition coefficient (Wildman–Crippen LogP) is 5.65. The van der Waals surface area contributed by atoms with Crippen molar-refractivity contribution >= 4 is 33.2 Å². The third-order valence-corrected chi connectivity index (χ3v) is 11.2. The van der Waals surface area contributed by atoms with Crippen molar-refractivity contribution in [1.82, 2.24) is 4.72 Å². The maximum Gasteiger partial charge on any atom is 0.371 e. The topological polar surface area (TPSA) is 100 Å². The number of nitrogens with one attached hydrogen (secondary N) is 1. The number of hydrogen-bond donors (Lipinski definition) is 2. The standard InChI is InChI=1S/C31H39ClN2O5S/c1-20-6-5-8-29(35)27-13-10-24(27)18-34-15-4-3-7-22-16-26(32)12-9-25(22)19-39-30-14-11-23(17-28(30)34)31(36)33-40(37,38)21(20)2/h5,8-9,11-12,14,16-17,20-21,24,27,29,35H,3-4,6-7,10,13,15,18-19H2,1-2H3,(H,33,36,37,38)/p+1/b8-5+/t20-,21+,24+,27-,29+/m1/s1. The molecule has 1 saturated carbocycles. The van der Waals surface area contributed by atoms with E-state index >= 15 is 0 Å². The summed E-state index contributed by atoms with van der Waals surface area (Å²) < 4.78 is 32.8. The summed E-state index contributed by atoms with van der Waals surface area (Å²) in [6.07, 6.45) is 8.53. The lowest BCUT2D eigenvalue weighted by atomic mass is 9.70. The highest BCUT2D eigenvalue weighted by Gasteiger charge is 2.38. The van der Waals surface area contributed by atoms with E-state index in [0.29, 0.717) is 35.3 Å². The van der Waals surface area contributed by atoms with Crippen molar-refractivity contribution in [3.63, 3.8) is 0 Å². The number of carbonyl (C=O) groups is 1. The van der Waals surface area contributed by atoms with Crippen LogP contribution in [-0.2, 0) is 23.1 Å². The van der Waals surface area contributed by atoms with Gasteiger partial charge in [0.25, 0.3) is 5.91 Å². The molecule has 40 heavy (non-hydrogen) atoms. The fourth-order valence-corrected chi connectivity index (χ4v) is 7.51. The first-order chi connectivity index (χ1) is 19.1. The molecule has 7 nitrogen and oxygen atoms in total. The molecule has 6 atom stereocenters. The molecule has 1 amide bonds. The average molecular weight is 588 g/mol. The van der Waals surface area contributed by atoms with Gasteiger partial charge in [0.15, 0.2) is 0 Å². The largest absolute Gasteiger partial charge is 0.487 e. The van der Waals surface area contributed by atoms with Gasteiger partial charge in [-0.2, -0.15) is 4.21 Å². The van der Waals surface area contributed by atoms with Crippen molar-refractivity contribution in [3.8, 4) is 5.75 Å². The monoisotopic (exact) mass is 587 g/mol. The Labute approximate surface area is 242 Å². The van der Waals surface area contributed by atoms with Crippen LogP contribution >= 0.6 is 11.6 Å². The normalized spacial score (nSPS) is 32.2. The molecule has 1 fully saturated rings.